The predicted molar refractivity (Wildman–Crippen MR) is 165 cm³/mol. The molecular weight excluding hydrogens is 574 g/mol. The van der Waals surface area contributed by atoms with Gasteiger partial charge in [0.05, 0.1) is 36.7 Å². The highest BCUT2D eigenvalue weighted by atomic mass is 35.5. The summed E-state index contributed by atoms with van der Waals surface area (Å²) in [7, 11) is 1.64. The first-order valence-corrected chi connectivity index (χ1v) is 13.2. The van der Waals surface area contributed by atoms with E-state index in [4.69, 9.17) is 51.5 Å². The number of terminal acetylenes is 2. The molecule has 12 nitrogen and oxygen atoms in total. The Morgan fingerprint density at radius 2 is 1.65 bits per heavy atom. The smallest absolute Gasteiger partial charge is 0.304 e. The highest BCUT2D eigenvalue weighted by Crippen LogP contribution is 2.29. The quantitative estimate of drug-likeness (QED) is 0.208. The molecule has 3 aromatic heterocycles. The Hall–Kier alpha value is -5.25. The minimum atomic E-state index is -0.835. The molecule has 13 heteroatoms. The third kappa shape index (κ3) is 12.0. The monoisotopic (exact) mass is 607 g/mol. The van der Waals surface area contributed by atoms with Crippen LogP contribution >= 0.6 is 11.6 Å². The van der Waals surface area contributed by atoms with Crippen LogP contribution in [0.25, 0.3) is 11.0 Å². The van der Waals surface area contributed by atoms with E-state index in [1.807, 2.05) is 24.6 Å². The van der Waals surface area contributed by atoms with Crippen LogP contribution in [0, 0.1) is 50.4 Å². The Morgan fingerprint density at radius 3 is 2.16 bits per heavy atom. The SMILES string of the molecule is C#CCCC(=O)O.C#CCCC(N)=O.COc1c(C)cnc(Cn2cc(C#CCCC(N)=O)c3c(Cl)nc(N)nc32)c1C. The third-order valence-electron chi connectivity index (χ3n) is 5.48. The number of carbonyl (C=O) groups is 3. The Labute approximate surface area is 255 Å². The molecule has 0 aliphatic rings. The average molecular weight is 608 g/mol. The molecule has 0 unspecified atom stereocenters. The number of carboxylic acids is 1. The van der Waals surface area contributed by atoms with E-state index >= 15 is 0 Å². The van der Waals surface area contributed by atoms with Crippen LogP contribution in [0.2, 0.25) is 5.15 Å². The number of rotatable bonds is 9. The summed E-state index contributed by atoms with van der Waals surface area (Å²) in [5.41, 5.74) is 19.6. The number of aryl methyl sites for hydroxylation is 1. The number of nitrogens with zero attached hydrogens (tertiary/aromatic N) is 4. The lowest BCUT2D eigenvalue weighted by atomic mass is 10.1. The number of nitrogens with two attached hydrogens (primary N) is 3. The van der Waals surface area contributed by atoms with Gasteiger partial charge in [-0.05, 0) is 13.8 Å². The number of hydrogen-bond donors (Lipinski definition) is 4. The van der Waals surface area contributed by atoms with Crippen molar-refractivity contribution in [1.29, 1.82) is 0 Å². The molecule has 0 spiro atoms. The van der Waals surface area contributed by atoms with E-state index in [-0.39, 0.29) is 29.9 Å². The maximum absolute atomic E-state index is 10.9. The molecule has 0 aliphatic carbocycles. The van der Waals surface area contributed by atoms with Crippen LogP contribution in [-0.2, 0) is 20.9 Å². The van der Waals surface area contributed by atoms with Gasteiger partial charge in [-0.1, -0.05) is 23.4 Å². The molecule has 7 N–H and O–H groups in total. The number of ether oxygens (including phenoxy) is 1. The van der Waals surface area contributed by atoms with Gasteiger partial charge in [-0.2, -0.15) is 4.98 Å². The van der Waals surface area contributed by atoms with E-state index in [9.17, 15) is 14.4 Å². The number of fused-ring (bicyclic) bond motifs is 1. The minimum Gasteiger partial charge on any atom is -0.496 e. The average Bonchev–Trinajstić information content (AvgIpc) is 3.28. The van der Waals surface area contributed by atoms with Gasteiger partial charge in [0.2, 0.25) is 17.8 Å². The molecule has 3 heterocycles. The minimum absolute atomic E-state index is 0.0706. The van der Waals surface area contributed by atoms with Gasteiger partial charge >= 0.3 is 5.97 Å². The molecule has 3 aromatic rings. The Morgan fingerprint density at radius 1 is 1.05 bits per heavy atom. The maximum Gasteiger partial charge on any atom is 0.304 e. The molecule has 0 bridgehead atoms. The first-order valence-electron chi connectivity index (χ1n) is 12.8. The number of halogens is 1. The van der Waals surface area contributed by atoms with E-state index in [0.717, 1.165) is 22.6 Å². The number of pyridine rings is 1. The van der Waals surface area contributed by atoms with Crippen molar-refractivity contribution in [1.82, 2.24) is 19.5 Å². The van der Waals surface area contributed by atoms with Crippen molar-refractivity contribution in [3.8, 4) is 42.3 Å². The van der Waals surface area contributed by atoms with Gasteiger partial charge in [0.15, 0.2) is 0 Å². The van der Waals surface area contributed by atoms with E-state index in [1.165, 1.54) is 0 Å². The van der Waals surface area contributed by atoms with Gasteiger partial charge < -0.3 is 31.6 Å². The normalized spacial score (nSPS) is 9.53. The van der Waals surface area contributed by atoms with Gasteiger partial charge in [0, 0.05) is 55.6 Å². The number of carboxylic acid groups (broad SMARTS) is 1. The summed E-state index contributed by atoms with van der Waals surface area (Å²) in [6, 6.07) is 0. The van der Waals surface area contributed by atoms with E-state index < -0.39 is 11.9 Å². The van der Waals surface area contributed by atoms with Crippen LogP contribution in [0.3, 0.4) is 0 Å². The second-order valence-electron chi connectivity index (χ2n) is 8.82. The molecule has 3 rings (SSSR count). The van der Waals surface area contributed by atoms with Crippen molar-refractivity contribution in [3.63, 3.8) is 0 Å². The fourth-order valence-electron chi connectivity index (χ4n) is 3.48. The van der Waals surface area contributed by atoms with Crippen LogP contribution < -0.4 is 21.9 Å². The number of aliphatic carboxylic acids is 1. The van der Waals surface area contributed by atoms with Crippen molar-refractivity contribution in [2.45, 2.75) is 58.9 Å². The topological polar surface area (TPSA) is 202 Å². The van der Waals surface area contributed by atoms with E-state index in [2.05, 4.69) is 38.6 Å². The second-order valence-corrected chi connectivity index (χ2v) is 9.18. The highest BCUT2D eigenvalue weighted by molar-refractivity contribution is 6.34. The largest absolute Gasteiger partial charge is 0.496 e. The molecule has 43 heavy (non-hydrogen) atoms. The van der Waals surface area contributed by atoms with E-state index in [1.54, 1.807) is 13.3 Å². The highest BCUT2D eigenvalue weighted by Gasteiger charge is 2.17. The molecule has 2 amide bonds. The van der Waals surface area contributed by atoms with Crippen LogP contribution in [-0.4, -0.2) is 49.5 Å². The summed E-state index contributed by atoms with van der Waals surface area (Å²) in [6.07, 6.45) is 14.9. The van der Waals surface area contributed by atoms with Crippen LogP contribution in [0.4, 0.5) is 5.95 Å². The zero-order valence-corrected chi connectivity index (χ0v) is 25.0. The van der Waals surface area contributed by atoms with Crippen molar-refractivity contribution < 1.29 is 24.2 Å². The number of nitrogen functional groups attached to an aromatic ring is 1. The lowest BCUT2D eigenvalue weighted by molar-refractivity contribution is -0.136. The molecule has 0 aromatic carbocycles. The zero-order chi connectivity index (χ0) is 32.5. The van der Waals surface area contributed by atoms with Crippen molar-refractivity contribution in [3.05, 3.63) is 39.9 Å². The fraction of sp³-hybridized carbons (Fsp3) is 0.333. The number of primary amides is 2. The first-order chi connectivity index (χ1) is 20.4. The van der Waals surface area contributed by atoms with Gasteiger partial charge in [-0.25, -0.2) is 4.98 Å². The molecule has 0 fully saturated rings. The van der Waals surface area contributed by atoms with Crippen LogP contribution in [0.15, 0.2) is 12.4 Å². The van der Waals surface area contributed by atoms with E-state index in [0.29, 0.717) is 48.8 Å². The lowest BCUT2D eigenvalue weighted by Gasteiger charge is -2.13. The van der Waals surface area contributed by atoms with Gasteiger partial charge in [-0.15, -0.1) is 24.7 Å². The Balaban J connectivity index is 0.000000548. The standard InChI is InChI=1S/C20H21ClN6O2.C5H7NO.C5H6O2/c1-11-8-24-14(12(2)17(11)29-3)10-27-9-13(6-4-5-7-15(22)28)16-18(21)25-20(23)26-19(16)27;2*1-2-3-4-5(6)7/h8-9H,5,7,10H2,1-3H3,(H2,22,28)(H2,23,25,26);1H,3-4H2,(H2,6,7);1H,3-4H2,(H,6,7). The lowest BCUT2D eigenvalue weighted by Crippen LogP contribution is -2.08. The zero-order valence-electron chi connectivity index (χ0n) is 24.2. The number of amides is 2. The van der Waals surface area contributed by atoms with Gasteiger partial charge in [-0.3, -0.25) is 19.4 Å². The molecule has 0 atom stereocenters. The second kappa shape index (κ2) is 18.2. The predicted octanol–water partition coefficient (Wildman–Crippen LogP) is 2.72. The molecule has 0 saturated heterocycles. The molecule has 0 radical (unpaired) electrons. The Kier molecular flexibility index (Phi) is 15.2. The number of aromatic nitrogens is 4. The summed E-state index contributed by atoms with van der Waals surface area (Å²) in [5.74, 6) is 9.78. The van der Waals surface area contributed by atoms with Gasteiger partial charge in [0.1, 0.15) is 16.5 Å². The fourth-order valence-corrected chi connectivity index (χ4v) is 3.76. The van der Waals surface area contributed by atoms with Crippen molar-refractivity contribution in [2.24, 2.45) is 11.5 Å². The van der Waals surface area contributed by atoms with Crippen LogP contribution in [0.5, 0.6) is 5.75 Å². The summed E-state index contributed by atoms with van der Waals surface area (Å²) in [6.45, 7) is 4.33. The Bertz CT molecular complexity index is 1580. The number of carbonyl (C=O) groups excluding carboxylic acids is 2. The van der Waals surface area contributed by atoms with Crippen molar-refractivity contribution in [2.75, 3.05) is 12.8 Å². The maximum atomic E-state index is 10.9. The number of anilines is 1. The van der Waals surface area contributed by atoms with Crippen LogP contribution in [0.1, 0.15) is 60.9 Å². The van der Waals surface area contributed by atoms with Crippen molar-refractivity contribution >= 4 is 46.4 Å². The summed E-state index contributed by atoms with van der Waals surface area (Å²) in [4.78, 5) is 43.4. The molecule has 226 valence electrons. The summed E-state index contributed by atoms with van der Waals surface area (Å²) >= 11 is 6.32. The van der Waals surface area contributed by atoms with Gasteiger partial charge in [0.25, 0.3) is 0 Å². The number of methoxy groups -OCH3 is 1. The summed E-state index contributed by atoms with van der Waals surface area (Å²) in [5, 5.41) is 8.77. The summed E-state index contributed by atoms with van der Waals surface area (Å²) < 4.78 is 7.37. The molecule has 0 saturated carbocycles. The number of hydrogen-bond acceptors (Lipinski definition) is 8. The molecule has 0 aliphatic heterocycles. The first kappa shape index (κ1) is 35.8. The third-order valence-corrected chi connectivity index (χ3v) is 5.75. The molecular formula is C30H34ClN7O5.